The van der Waals surface area contributed by atoms with Crippen LogP contribution in [0.3, 0.4) is 0 Å². The second-order valence-electron chi connectivity index (χ2n) is 6.74. The summed E-state index contributed by atoms with van der Waals surface area (Å²) in [5.74, 6) is 1.41. The predicted molar refractivity (Wildman–Crippen MR) is 94.0 cm³/mol. The summed E-state index contributed by atoms with van der Waals surface area (Å²) < 4.78 is 5.73. The first-order valence-electron chi connectivity index (χ1n) is 8.74. The smallest absolute Gasteiger partial charge is 0.236 e. The Bertz CT molecular complexity index is 710. The van der Waals surface area contributed by atoms with Gasteiger partial charge in [-0.1, -0.05) is 12.5 Å². The lowest BCUT2D eigenvalue weighted by Crippen LogP contribution is -2.47. The van der Waals surface area contributed by atoms with Gasteiger partial charge in [0, 0.05) is 18.6 Å². The SMILES string of the molecule is Cc1oc(-c2cccs2)nc1CC(=O)NC1CCN2CCCCC12. The molecule has 5 nitrogen and oxygen atoms in total. The Morgan fingerprint density at radius 3 is 3.17 bits per heavy atom. The number of carbonyl (C=O) groups is 1. The van der Waals surface area contributed by atoms with Crippen molar-refractivity contribution >= 4 is 17.2 Å². The standard InChI is InChI=1S/C18H23N3O2S/c1-12-14(20-18(23-12)16-6-4-10-24-16)11-17(22)19-13-7-9-21-8-3-2-5-15(13)21/h4,6,10,13,15H,2-3,5,7-9,11H2,1H3,(H,19,22). The molecule has 128 valence electrons. The zero-order chi connectivity index (χ0) is 16.5. The van der Waals surface area contributed by atoms with Gasteiger partial charge in [-0.15, -0.1) is 11.3 Å². The number of nitrogens with one attached hydrogen (secondary N) is 1. The number of aromatic nitrogens is 1. The van der Waals surface area contributed by atoms with E-state index >= 15 is 0 Å². The van der Waals surface area contributed by atoms with Crippen LogP contribution in [-0.2, 0) is 11.2 Å². The van der Waals surface area contributed by atoms with E-state index in [1.54, 1.807) is 11.3 Å². The highest BCUT2D eigenvalue weighted by molar-refractivity contribution is 7.13. The first-order chi connectivity index (χ1) is 11.7. The summed E-state index contributed by atoms with van der Waals surface area (Å²) in [7, 11) is 0. The van der Waals surface area contributed by atoms with Gasteiger partial charge in [0.25, 0.3) is 0 Å². The minimum Gasteiger partial charge on any atom is -0.440 e. The van der Waals surface area contributed by atoms with Gasteiger partial charge in [0.2, 0.25) is 11.8 Å². The van der Waals surface area contributed by atoms with Crippen molar-refractivity contribution in [2.24, 2.45) is 0 Å². The zero-order valence-corrected chi connectivity index (χ0v) is 14.8. The van der Waals surface area contributed by atoms with E-state index in [0.29, 0.717) is 24.4 Å². The van der Waals surface area contributed by atoms with E-state index in [2.05, 4.69) is 15.2 Å². The molecule has 2 aliphatic rings. The minimum atomic E-state index is 0.0570. The largest absolute Gasteiger partial charge is 0.440 e. The van der Waals surface area contributed by atoms with Crippen LogP contribution in [0.1, 0.15) is 37.1 Å². The summed E-state index contributed by atoms with van der Waals surface area (Å²) in [6, 6.07) is 4.78. The molecule has 24 heavy (non-hydrogen) atoms. The summed E-state index contributed by atoms with van der Waals surface area (Å²) in [6.45, 7) is 4.18. The normalized spacial score (nSPS) is 24.0. The maximum Gasteiger partial charge on any atom is 0.236 e. The number of aryl methyl sites for hydroxylation is 1. The topological polar surface area (TPSA) is 58.4 Å². The van der Waals surface area contributed by atoms with Gasteiger partial charge in [-0.25, -0.2) is 4.98 Å². The van der Waals surface area contributed by atoms with Crippen LogP contribution in [0.4, 0.5) is 0 Å². The number of rotatable bonds is 4. The Labute approximate surface area is 146 Å². The second-order valence-corrected chi connectivity index (χ2v) is 7.69. The van der Waals surface area contributed by atoms with Crippen LogP contribution in [0.2, 0.25) is 0 Å². The van der Waals surface area contributed by atoms with Gasteiger partial charge in [-0.2, -0.15) is 0 Å². The van der Waals surface area contributed by atoms with E-state index in [1.165, 1.54) is 25.8 Å². The van der Waals surface area contributed by atoms with E-state index in [-0.39, 0.29) is 5.91 Å². The van der Waals surface area contributed by atoms with Crippen LogP contribution in [0, 0.1) is 6.92 Å². The molecule has 0 aliphatic carbocycles. The molecule has 2 aromatic rings. The highest BCUT2D eigenvalue weighted by Gasteiger charge is 2.36. The molecular formula is C18H23N3O2S. The molecule has 0 bridgehead atoms. The number of thiophene rings is 1. The Morgan fingerprint density at radius 1 is 1.42 bits per heavy atom. The number of piperidine rings is 1. The first kappa shape index (κ1) is 15.8. The van der Waals surface area contributed by atoms with Gasteiger partial charge in [-0.3, -0.25) is 9.69 Å². The molecule has 4 rings (SSSR count). The number of oxazole rings is 1. The molecule has 0 spiro atoms. The highest BCUT2D eigenvalue weighted by Crippen LogP contribution is 2.28. The molecule has 1 N–H and O–H groups in total. The summed E-state index contributed by atoms with van der Waals surface area (Å²) in [4.78, 5) is 20.5. The molecule has 1 amide bonds. The fourth-order valence-corrected chi connectivity index (χ4v) is 4.57. The van der Waals surface area contributed by atoms with Crippen LogP contribution in [0.5, 0.6) is 0 Å². The lowest BCUT2D eigenvalue weighted by Gasteiger charge is -2.32. The predicted octanol–water partition coefficient (Wildman–Crippen LogP) is 3.00. The summed E-state index contributed by atoms with van der Waals surface area (Å²) in [5.41, 5.74) is 0.745. The van der Waals surface area contributed by atoms with Crippen molar-refractivity contribution in [3.05, 3.63) is 29.0 Å². The van der Waals surface area contributed by atoms with E-state index in [9.17, 15) is 4.79 Å². The summed E-state index contributed by atoms with van der Waals surface area (Å²) in [6.07, 6.45) is 5.13. The third kappa shape index (κ3) is 3.13. The Morgan fingerprint density at radius 2 is 2.33 bits per heavy atom. The molecule has 2 unspecified atom stereocenters. The van der Waals surface area contributed by atoms with Crippen LogP contribution < -0.4 is 5.32 Å². The molecule has 6 heteroatoms. The van der Waals surface area contributed by atoms with Crippen molar-refractivity contribution in [1.82, 2.24) is 15.2 Å². The van der Waals surface area contributed by atoms with Crippen LogP contribution in [-0.4, -0.2) is 41.0 Å². The maximum atomic E-state index is 12.5. The van der Waals surface area contributed by atoms with Crippen molar-refractivity contribution in [1.29, 1.82) is 0 Å². The molecule has 2 fully saturated rings. The van der Waals surface area contributed by atoms with Crippen LogP contribution in [0.25, 0.3) is 10.8 Å². The van der Waals surface area contributed by atoms with Crippen molar-refractivity contribution in [2.75, 3.05) is 13.1 Å². The average Bonchev–Trinajstić information content (AvgIpc) is 3.29. The van der Waals surface area contributed by atoms with E-state index < -0.39 is 0 Å². The third-order valence-electron chi connectivity index (χ3n) is 5.16. The molecule has 2 atom stereocenters. The van der Waals surface area contributed by atoms with Gasteiger partial charge >= 0.3 is 0 Å². The van der Waals surface area contributed by atoms with Crippen LogP contribution >= 0.6 is 11.3 Å². The van der Waals surface area contributed by atoms with E-state index in [0.717, 1.165) is 29.3 Å². The Balaban J connectivity index is 1.40. The van der Waals surface area contributed by atoms with E-state index in [4.69, 9.17) is 4.42 Å². The number of fused-ring (bicyclic) bond motifs is 1. The Hall–Kier alpha value is -1.66. The lowest BCUT2D eigenvalue weighted by molar-refractivity contribution is -0.121. The molecule has 2 saturated heterocycles. The van der Waals surface area contributed by atoms with Gasteiger partial charge in [0.15, 0.2) is 0 Å². The first-order valence-corrected chi connectivity index (χ1v) is 9.62. The molecule has 0 radical (unpaired) electrons. The van der Waals surface area contributed by atoms with Gasteiger partial charge in [0.05, 0.1) is 17.0 Å². The van der Waals surface area contributed by atoms with Crippen molar-refractivity contribution in [2.45, 2.75) is 51.1 Å². The molecule has 0 saturated carbocycles. The quantitative estimate of drug-likeness (QED) is 0.925. The van der Waals surface area contributed by atoms with Crippen molar-refractivity contribution < 1.29 is 9.21 Å². The molecule has 2 aliphatic heterocycles. The van der Waals surface area contributed by atoms with Gasteiger partial charge in [0.1, 0.15) is 5.76 Å². The highest BCUT2D eigenvalue weighted by atomic mass is 32.1. The average molecular weight is 345 g/mol. The number of hydrogen-bond donors (Lipinski definition) is 1. The molecule has 4 heterocycles. The number of nitrogens with zero attached hydrogens (tertiary/aromatic N) is 2. The number of amides is 1. The van der Waals surface area contributed by atoms with E-state index in [1.807, 2.05) is 24.4 Å². The Kier molecular flexibility index (Phi) is 4.41. The van der Waals surface area contributed by atoms with Crippen LogP contribution in [0.15, 0.2) is 21.9 Å². The molecule has 0 aromatic carbocycles. The summed E-state index contributed by atoms with van der Waals surface area (Å²) >= 11 is 1.59. The fraction of sp³-hybridized carbons (Fsp3) is 0.556. The second kappa shape index (κ2) is 6.69. The van der Waals surface area contributed by atoms with Gasteiger partial charge in [-0.05, 0) is 44.2 Å². The number of hydrogen-bond acceptors (Lipinski definition) is 5. The van der Waals surface area contributed by atoms with Crippen molar-refractivity contribution in [3.8, 4) is 10.8 Å². The monoisotopic (exact) mass is 345 g/mol. The van der Waals surface area contributed by atoms with Crippen molar-refractivity contribution in [3.63, 3.8) is 0 Å². The molecular weight excluding hydrogens is 322 g/mol. The molecule has 2 aromatic heterocycles. The zero-order valence-electron chi connectivity index (χ0n) is 14.0. The lowest BCUT2D eigenvalue weighted by atomic mass is 9.99. The number of carbonyl (C=O) groups excluding carboxylic acids is 1. The fourth-order valence-electron chi connectivity index (χ4n) is 3.92. The summed E-state index contributed by atoms with van der Waals surface area (Å²) in [5, 5.41) is 5.24. The van der Waals surface area contributed by atoms with Gasteiger partial charge < -0.3 is 9.73 Å². The minimum absolute atomic E-state index is 0.0570. The third-order valence-corrected chi connectivity index (χ3v) is 6.01. The maximum absolute atomic E-state index is 12.5.